The van der Waals surface area contributed by atoms with E-state index in [4.69, 9.17) is 19.9 Å². The van der Waals surface area contributed by atoms with Crippen LogP contribution in [0.25, 0.3) is 0 Å². The number of rotatable bonds is 7. The molecule has 148 valence electrons. The van der Waals surface area contributed by atoms with Crippen molar-refractivity contribution in [1.29, 1.82) is 0 Å². The Kier molecular flexibility index (Phi) is 7.33. The third kappa shape index (κ3) is 3.77. The van der Waals surface area contributed by atoms with Crippen LogP contribution in [0.3, 0.4) is 0 Å². The van der Waals surface area contributed by atoms with Crippen LogP contribution in [0.1, 0.15) is 45.7 Å². The molecule has 1 amide bonds. The van der Waals surface area contributed by atoms with E-state index < -0.39 is 11.0 Å². The minimum atomic E-state index is -0.951. The fraction of sp³-hybridized carbons (Fsp3) is 0.632. The first-order chi connectivity index (χ1) is 11.7. The van der Waals surface area contributed by atoms with Crippen molar-refractivity contribution in [1.82, 2.24) is 5.32 Å². The average Bonchev–Trinajstić information content (AvgIpc) is 2.60. The maximum Gasteiger partial charge on any atom is 0.241 e. The molecule has 0 saturated heterocycles. The largest absolute Gasteiger partial charge is 0.497 e. The maximum absolute atomic E-state index is 12.9. The molecule has 26 heavy (non-hydrogen) atoms. The predicted octanol–water partition coefficient (Wildman–Crippen LogP) is 2.84. The Morgan fingerprint density at radius 1 is 1.35 bits per heavy atom. The summed E-state index contributed by atoms with van der Waals surface area (Å²) >= 11 is 0. The Bertz CT molecular complexity index is 638. The van der Waals surface area contributed by atoms with Crippen molar-refractivity contribution >= 4 is 18.3 Å². The van der Waals surface area contributed by atoms with E-state index in [0.717, 1.165) is 5.56 Å². The molecule has 1 aromatic rings. The molecule has 6 nitrogen and oxygen atoms in total. The zero-order valence-electron chi connectivity index (χ0n) is 16.4. The Morgan fingerprint density at radius 3 is 2.50 bits per heavy atom. The Labute approximate surface area is 162 Å². The van der Waals surface area contributed by atoms with E-state index in [1.807, 2.05) is 45.9 Å². The SMILES string of the molecule is CCOC1CC(N)(C(=O)NC(C)c2cc(OC)ccc2OC)C1(C)C.Cl. The number of benzene rings is 1. The smallest absolute Gasteiger partial charge is 0.241 e. The van der Waals surface area contributed by atoms with E-state index in [2.05, 4.69) is 5.32 Å². The minimum absolute atomic E-state index is 0. The summed E-state index contributed by atoms with van der Waals surface area (Å²) < 4.78 is 16.4. The van der Waals surface area contributed by atoms with Gasteiger partial charge < -0.3 is 25.3 Å². The number of ether oxygens (including phenoxy) is 3. The molecule has 3 N–H and O–H groups in total. The highest BCUT2D eigenvalue weighted by atomic mass is 35.5. The number of hydrogen-bond acceptors (Lipinski definition) is 5. The first-order valence-corrected chi connectivity index (χ1v) is 8.64. The van der Waals surface area contributed by atoms with E-state index in [1.165, 1.54) is 0 Å². The van der Waals surface area contributed by atoms with E-state index in [0.29, 0.717) is 24.5 Å². The Morgan fingerprint density at radius 2 is 2.00 bits per heavy atom. The molecule has 0 heterocycles. The van der Waals surface area contributed by atoms with Gasteiger partial charge in [-0.3, -0.25) is 4.79 Å². The number of carbonyl (C=O) groups excluding carboxylic acids is 1. The molecule has 7 heteroatoms. The van der Waals surface area contributed by atoms with Crippen LogP contribution in [0.5, 0.6) is 11.5 Å². The number of hydrogen-bond donors (Lipinski definition) is 2. The zero-order valence-corrected chi connectivity index (χ0v) is 17.2. The second kappa shape index (κ2) is 8.46. The molecule has 0 aromatic heterocycles. The van der Waals surface area contributed by atoms with Crippen LogP contribution in [0, 0.1) is 5.41 Å². The van der Waals surface area contributed by atoms with Gasteiger partial charge in [-0.15, -0.1) is 12.4 Å². The molecule has 2 rings (SSSR count). The van der Waals surface area contributed by atoms with Crippen LogP contribution >= 0.6 is 12.4 Å². The third-order valence-corrected chi connectivity index (χ3v) is 5.49. The first kappa shape index (κ1) is 22.5. The van der Waals surface area contributed by atoms with Gasteiger partial charge in [0.2, 0.25) is 5.91 Å². The lowest BCUT2D eigenvalue weighted by Crippen LogP contribution is -2.75. The number of carbonyl (C=O) groups is 1. The summed E-state index contributed by atoms with van der Waals surface area (Å²) in [5.74, 6) is 1.23. The number of nitrogens with one attached hydrogen (secondary N) is 1. The lowest BCUT2D eigenvalue weighted by Gasteiger charge is -2.57. The predicted molar refractivity (Wildman–Crippen MR) is 104 cm³/mol. The molecule has 1 aliphatic rings. The molecule has 3 unspecified atom stereocenters. The highest BCUT2D eigenvalue weighted by Gasteiger charge is 2.62. The van der Waals surface area contributed by atoms with Gasteiger partial charge in [0, 0.05) is 24.0 Å². The van der Waals surface area contributed by atoms with Crippen molar-refractivity contribution in [2.24, 2.45) is 11.1 Å². The number of amides is 1. The minimum Gasteiger partial charge on any atom is -0.497 e. The van der Waals surface area contributed by atoms with E-state index in [-0.39, 0.29) is 30.5 Å². The molecule has 0 bridgehead atoms. The number of methoxy groups -OCH3 is 2. The summed E-state index contributed by atoms with van der Waals surface area (Å²) in [6, 6.07) is 5.25. The molecule has 1 aromatic carbocycles. The highest BCUT2D eigenvalue weighted by molar-refractivity contribution is 5.89. The summed E-state index contributed by atoms with van der Waals surface area (Å²) in [4.78, 5) is 12.9. The molecule has 0 spiro atoms. The van der Waals surface area contributed by atoms with Crippen molar-refractivity contribution in [2.75, 3.05) is 20.8 Å². The molecule has 1 aliphatic carbocycles. The molecule has 0 radical (unpaired) electrons. The van der Waals surface area contributed by atoms with Crippen molar-refractivity contribution < 1.29 is 19.0 Å². The van der Waals surface area contributed by atoms with Crippen LogP contribution < -0.4 is 20.5 Å². The molecule has 1 fully saturated rings. The third-order valence-electron chi connectivity index (χ3n) is 5.49. The van der Waals surface area contributed by atoms with E-state index in [9.17, 15) is 4.79 Å². The molecule has 1 saturated carbocycles. The normalized spacial score (nSPS) is 24.7. The van der Waals surface area contributed by atoms with Gasteiger partial charge in [0.25, 0.3) is 0 Å². The topological polar surface area (TPSA) is 82.8 Å². The summed E-state index contributed by atoms with van der Waals surface area (Å²) in [6.07, 6.45) is 0.511. The van der Waals surface area contributed by atoms with Gasteiger partial charge in [-0.1, -0.05) is 13.8 Å². The quantitative estimate of drug-likeness (QED) is 0.752. The lowest BCUT2D eigenvalue weighted by molar-refractivity contribution is -0.171. The van der Waals surface area contributed by atoms with Gasteiger partial charge in [0.05, 0.1) is 26.4 Å². The van der Waals surface area contributed by atoms with Gasteiger partial charge in [0.1, 0.15) is 17.0 Å². The Hall–Kier alpha value is -1.50. The van der Waals surface area contributed by atoms with Gasteiger partial charge in [0.15, 0.2) is 0 Å². The standard InChI is InChI=1S/C19H30N2O4.ClH/c1-7-25-16-11-19(20,18(16,3)4)17(22)21-12(2)14-10-13(23-5)8-9-15(14)24-6;/h8-10,12,16H,7,11,20H2,1-6H3,(H,21,22);1H. The summed E-state index contributed by atoms with van der Waals surface area (Å²) in [5, 5.41) is 3.03. The molecule has 3 atom stereocenters. The molecular weight excluding hydrogens is 356 g/mol. The number of nitrogens with two attached hydrogens (primary N) is 1. The lowest BCUT2D eigenvalue weighted by atomic mass is 9.54. The van der Waals surface area contributed by atoms with Crippen molar-refractivity contribution in [3.8, 4) is 11.5 Å². The van der Waals surface area contributed by atoms with Crippen molar-refractivity contribution in [2.45, 2.75) is 51.8 Å². The second-order valence-electron chi connectivity index (χ2n) is 7.14. The van der Waals surface area contributed by atoms with Crippen molar-refractivity contribution in [3.63, 3.8) is 0 Å². The van der Waals surface area contributed by atoms with Gasteiger partial charge in [-0.2, -0.15) is 0 Å². The van der Waals surface area contributed by atoms with Gasteiger partial charge in [-0.05, 0) is 32.0 Å². The fourth-order valence-electron chi connectivity index (χ4n) is 3.40. The van der Waals surface area contributed by atoms with Crippen LogP contribution in [-0.2, 0) is 9.53 Å². The van der Waals surface area contributed by atoms with Gasteiger partial charge >= 0.3 is 0 Å². The highest BCUT2D eigenvalue weighted by Crippen LogP contribution is 2.50. The van der Waals surface area contributed by atoms with Crippen LogP contribution in [0.2, 0.25) is 0 Å². The molecule has 0 aliphatic heterocycles. The first-order valence-electron chi connectivity index (χ1n) is 8.64. The van der Waals surface area contributed by atoms with Crippen LogP contribution in [0.15, 0.2) is 18.2 Å². The molecular formula is C19H31ClN2O4. The zero-order chi connectivity index (χ0) is 18.8. The van der Waals surface area contributed by atoms with Gasteiger partial charge in [-0.25, -0.2) is 0 Å². The summed E-state index contributed by atoms with van der Waals surface area (Å²) in [7, 11) is 3.21. The number of halogens is 1. The van der Waals surface area contributed by atoms with Crippen LogP contribution in [-0.4, -0.2) is 38.4 Å². The maximum atomic E-state index is 12.9. The Balaban J connectivity index is 0.00000338. The second-order valence-corrected chi connectivity index (χ2v) is 7.14. The van der Waals surface area contributed by atoms with E-state index in [1.54, 1.807) is 14.2 Å². The van der Waals surface area contributed by atoms with E-state index >= 15 is 0 Å². The average molecular weight is 387 g/mol. The van der Waals surface area contributed by atoms with Crippen molar-refractivity contribution in [3.05, 3.63) is 23.8 Å². The fourth-order valence-corrected chi connectivity index (χ4v) is 3.40. The monoisotopic (exact) mass is 386 g/mol. The summed E-state index contributed by atoms with van der Waals surface area (Å²) in [5.41, 5.74) is 5.92. The summed E-state index contributed by atoms with van der Waals surface area (Å²) in [6.45, 7) is 8.43. The van der Waals surface area contributed by atoms with Crippen LogP contribution in [0.4, 0.5) is 0 Å².